The largest absolute Gasteiger partial charge is 0.390 e. The number of rotatable bonds is 16. The number of amides is 3. The molecule has 13 heteroatoms. The number of benzene rings is 2. The van der Waals surface area contributed by atoms with Gasteiger partial charge < -0.3 is 30.4 Å². The van der Waals surface area contributed by atoms with E-state index in [0.717, 1.165) is 46.4 Å². The van der Waals surface area contributed by atoms with E-state index in [-0.39, 0.29) is 30.6 Å². The van der Waals surface area contributed by atoms with E-state index < -0.39 is 24.1 Å². The molecule has 0 spiro atoms. The molecule has 2 aromatic heterocycles. The summed E-state index contributed by atoms with van der Waals surface area (Å²) in [6, 6.07) is 12.6. The highest BCUT2D eigenvalue weighted by Gasteiger charge is 2.33. The molecule has 2 aliphatic rings. The van der Waals surface area contributed by atoms with Crippen LogP contribution in [0.15, 0.2) is 70.9 Å². The number of thiazole rings is 1. The SMILES string of the molecule is O=C(N[C@@H](Cc1cnc[nH]1)C(=O)N[C@@H](CC1CCCCC1)C(O)CSc1nccs1)C(CC(=O)N1CCOCC1)Cc1cccc2ccccc12. The molecular formula is C38H48N6O5S2. The molecule has 0 bridgehead atoms. The molecule has 2 aromatic carbocycles. The van der Waals surface area contributed by atoms with E-state index in [9.17, 15) is 19.5 Å². The highest BCUT2D eigenvalue weighted by Crippen LogP contribution is 2.30. The summed E-state index contributed by atoms with van der Waals surface area (Å²) in [5, 5.41) is 21.6. The van der Waals surface area contributed by atoms with E-state index in [0.29, 0.717) is 56.5 Å². The Morgan fingerprint density at radius 2 is 1.82 bits per heavy atom. The van der Waals surface area contributed by atoms with Gasteiger partial charge in [-0.2, -0.15) is 0 Å². The molecule has 1 saturated carbocycles. The van der Waals surface area contributed by atoms with Gasteiger partial charge in [0.1, 0.15) is 10.4 Å². The molecule has 6 rings (SSSR count). The van der Waals surface area contributed by atoms with Gasteiger partial charge >= 0.3 is 0 Å². The zero-order valence-corrected chi connectivity index (χ0v) is 30.5. The summed E-state index contributed by atoms with van der Waals surface area (Å²) in [4.78, 5) is 55.4. The van der Waals surface area contributed by atoms with Crippen molar-refractivity contribution < 1.29 is 24.2 Å². The smallest absolute Gasteiger partial charge is 0.243 e. The van der Waals surface area contributed by atoms with Crippen LogP contribution < -0.4 is 10.6 Å². The maximum Gasteiger partial charge on any atom is 0.243 e. The molecule has 3 amide bonds. The third-order valence-corrected chi connectivity index (χ3v) is 12.1. The van der Waals surface area contributed by atoms with Crippen molar-refractivity contribution in [3.63, 3.8) is 0 Å². The lowest BCUT2D eigenvalue weighted by molar-refractivity contribution is -0.140. The predicted octanol–water partition coefficient (Wildman–Crippen LogP) is 4.76. The van der Waals surface area contributed by atoms with Crippen LogP contribution in [-0.4, -0.2) is 92.9 Å². The molecule has 3 heterocycles. The van der Waals surface area contributed by atoms with Crippen LogP contribution in [0, 0.1) is 11.8 Å². The minimum atomic E-state index is -0.959. The predicted molar refractivity (Wildman–Crippen MR) is 199 cm³/mol. The van der Waals surface area contributed by atoms with Gasteiger partial charge in [-0.25, -0.2) is 9.97 Å². The Hall–Kier alpha value is -3.78. The second-order valence-electron chi connectivity index (χ2n) is 13.6. The number of imidazole rings is 1. The average molecular weight is 733 g/mol. The molecule has 1 aliphatic carbocycles. The minimum absolute atomic E-state index is 0.00441. The van der Waals surface area contributed by atoms with Crippen LogP contribution in [0.4, 0.5) is 0 Å². The monoisotopic (exact) mass is 732 g/mol. The highest BCUT2D eigenvalue weighted by atomic mass is 32.2. The van der Waals surface area contributed by atoms with E-state index in [4.69, 9.17) is 4.74 Å². The topological polar surface area (TPSA) is 150 Å². The summed E-state index contributed by atoms with van der Waals surface area (Å²) in [6.07, 6.45) is 10.9. The van der Waals surface area contributed by atoms with Gasteiger partial charge in [0.25, 0.3) is 0 Å². The molecule has 1 aliphatic heterocycles. The maximum atomic E-state index is 14.3. The molecule has 4 aromatic rings. The number of hydrogen-bond donors (Lipinski definition) is 4. The molecule has 2 fully saturated rings. The second kappa shape index (κ2) is 18.6. The fraction of sp³-hybridized carbons (Fsp3) is 0.500. The Bertz CT molecular complexity index is 1690. The van der Waals surface area contributed by atoms with Gasteiger partial charge in [-0.05, 0) is 35.1 Å². The summed E-state index contributed by atoms with van der Waals surface area (Å²) in [7, 11) is 0. The van der Waals surface area contributed by atoms with Gasteiger partial charge in [0.05, 0.1) is 37.6 Å². The first-order chi connectivity index (χ1) is 24.9. The molecule has 4 N–H and O–H groups in total. The first kappa shape index (κ1) is 37.0. The van der Waals surface area contributed by atoms with Crippen molar-refractivity contribution in [3.05, 3.63) is 77.8 Å². The van der Waals surface area contributed by atoms with Gasteiger partial charge in [0.15, 0.2) is 0 Å². The van der Waals surface area contributed by atoms with Crippen LogP contribution >= 0.6 is 23.1 Å². The van der Waals surface area contributed by atoms with Crippen molar-refractivity contribution in [2.75, 3.05) is 32.1 Å². The van der Waals surface area contributed by atoms with Crippen LogP contribution in [0.5, 0.6) is 0 Å². The number of aromatic nitrogens is 3. The number of ether oxygens (including phenoxy) is 1. The number of fused-ring (bicyclic) bond motifs is 1. The number of thioether (sulfide) groups is 1. The Balaban J connectivity index is 1.22. The van der Waals surface area contributed by atoms with Crippen LogP contribution in [0.3, 0.4) is 0 Å². The number of H-pyrrole nitrogens is 1. The maximum absolute atomic E-state index is 14.3. The molecule has 0 radical (unpaired) electrons. The number of aliphatic hydroxyl groups is 1. The second-order valence-corrected chi connectivity index (χ2v) is 15.8. The molecule has 11 nitrogen and oxygen atoms in total. The zero-order chi connectivity index (χ0) is 35.4. The van der Waals surface area contributed by atoms with E-state index >= 15 is 0 Å². The Morgan fingerprint density at radius 1 is 1.02 bits per heavy atom. The number of morpholine rings is 1. The van der Waals surface area contributed by atoms with Gasteiger partial charge in [-0.1, -0.05) is 86.3 Å². The number of carbonyl (C=O) groups excluding carboxylic acids is 3. The number of aromatic amines is 1. The number of nitrogens with zero attached hydrogens (tertiary/aromatic N) is 3. The van der Waals surface area contributed by atoms with Crippen LogP contribution in [-0.2, 0) is 32.0 Å². The average Bonchev–Trinajstić information content (AvgIpc) is 3.89. The lowest BCUT2D eigenvalue weighted by Gasteiger charge is -2.32. The standard InChI is InChI=1S/C38H48N6O5S2/c45-34(24-51-38-40-13-18-50-38)32(19-26-7-2-1-3-8-26)42-37(48)33(22-30-23-39-25-41-30)43-36(47)29(21-35(46)44-14-16-49-17-15-44)20-28-11-6-10-27-9-4-5-12-31(27)28/h4-6,9-13,18,23,25-26,29,32-34,45H,1-3,7-8,14-17,19-22,24H2,(H,39,41)(H,42,48)(H,43,47)/t29?,32-,33-,34?/m0/s1. The van der Waals surface area contributed by atoms with E-state index in [1.165, 1.54) is 29.5 Å². The van der Waals surface area contributed by atoms with Crippen molar-refractivity contribution in [2.45, 2.75) is 80.3 Å². The number of aliphatic hydroxyl groups excluding tert-OH is 1. The first-order valence-electron chi connectivity index (χ1n) is 18.0. The van der Waals surface area contributed by atoms with E-state index in [2.05, 4.69) is 25.6 Å². The molecule has 2 unspecified atom stereocenters. The Kier molecular flexibility index (Phi) is 13.5. The fourth-order valence-electron chi connectivity index (χ4n) is 7.19. The molecular weight excluding hydrogens is 685 g/mol. The van der Waals surface area contributed by atoms with Crippen LogP contribution in [0.1, 0.15) is 56.2 Å². The lowest BCUT2D eigenvalue weighted by Crippen LogP contribution is -2.55. The van der Waals surface area contributed by atoms with Crippen LogP contribution in [0.25, 0.3) is 10.8 Å². The van der Waals surface area contributed by atoms with Gasteiger partial charge in [0, 0.05) is 55.2 Å². The first-order valence-corrected chi connectivity index (χ1v) is 19.9. The van der Waals surface area contributed by atoms with Crippen molar-refractivity contribution in [1.82, 2.24) is 30.5 Å². The van der Waals surface area contributed by atoms with Crippen molar-refractivity contribution in [2.24, 2.45) is 11.8 Å². The summed E-state index contributed by atoms with van der Waals surface area (Å²) in [6.45, 7) is 1.90. The van der Waals surface area contributed by atoms with Crippen molar-refractivity contribution in [1.29, 1.82) is 0 Å². The third kappa shape index (κ3) is 10.6. The zero-order valence-electron chi connectivity index (χ0n) is 28.9. The molecule has 4 atom stereocenters. The van der Waals surface area contributed by atoms with E-state index in [1.54, 1.807) is 23.6 Å². The molecule has 272 valence electrons. The van der Waals surface area contributed by atoms with Crippen molar-refractivity contribution in [3.8, 4) is 0 Å². The van der Waals surface area contributed by atoms with Gasteiger partial charge in [-0.3, -0.25) is 14.4 Å². The third-order valence-electron chi connectivity index (χ3n) is 10.0. The Morgan fingerprint density at radius 3 is 2.59 bits per heavy atom. The number of nitrogens with one attached hydrogen (secondary N) is 3. The summed E-state index contributed by atoms with van der Waals surface area (Å²) >= 11 is 3.00. The quantitative estimate of drug-likeness (QED) is 0.121. The summed E-state index contributed by atoms with van der Waals surface area (Å²) < 4.78 is 6.32. The van der Waals surface area contributed by atoms with Crippen molar-refractivity contribution >= 4 is 51.6 Å². The normalized spacial score (nSPS) is 17.8. The molecule has 1 saturated heterocycles. The Labute approximate surface area is 307 Å². The summed E-state index contributed by atoms with van der Waals surface area (Å²) in [5.74, 6) is -0.781. The van der Waals surface area contributed by atoms with Gasteiger partial charge in [0.2, 0.25) is 17.7 Å². The number of hydrogen-bond acceptors (Lipinski definition) is 9. The molecule has 51 heavy (non-hydrogen) atoms. The van der Waals surface area contributed by atoms with Gasteiger partial charge in [-0.15, -0.1) is 11.3 Å². The van der Waals surface area contributed by atoms with E-state index in [1.807, 2.05) is 47.8 Å². The summed E-state index contributed by atoms with van der Waals surface area (Å²) in [5.41, 5.74) is 1.65. The highest BCUT2D eigenvalue weighted by molar-refractivity contribution is 8.01. The minimum Gasteiger partial charge on any atom is -0.390 e. The lowest BCUT2D eigenvalue weighted by atomic mass is 9.83. The number of carbonyl (C=O) groups is 3. The fourth-order valence-corrected chi connectivity index (χ4v) is 8.88. The van der Waals surface area contributed by atoms with Crippen LogP contribution in [0.2, 0.25) is 0 Å².